The van der Waals surface area contributed by atoms with Gasteiger partial charge in [-0.1, -0.05) is 11.6 Å². The van der Waals surface area contributed by atoms with Gasteiger partial charge in [0.2, 0.25) is 0 Å². The molecule has 1 aromatic heterocycles. The average Bonchev–Trinajstić information content (AvgIpc) is 2.52. The second-order valence-corrected chi connectivity index (χ2v) is 6.95. The van der Waals surface area contributed by atoms with E-state index >= 15 is 0 Å². The third-order valence-electron chi connectivity index (χ3n) is 2.88. The number of rotatable bonds is 7. The summed E-state index contributed by atoms with van der Waals surface area (Å²) in [5, 5.41) is 5.51. The lowest BCUT2D eigenvalue weighted by Crippen LogP contribution is -2.33. The minimum atomic E-state index is -0.973. The second kappa shape index (κ2) is 9.96. The molecule has 0 aliphatic carbocycles. The maximum absolute atomic E-state index is 12.0. The first-order valence-corrected chi connectivity index (χ1v) is 8.53. The van der Waals surface area contributed by atoms with E-state index in [1.165, 1.54) is 19.2 Å². The Kier molecular flexibility index (Phi) is 8.31. The molecule has 8 nitrogen and oxygen atoms in total. The van der Waals surface area contributed by atoms with Crippen LogP contribution in [0.5, 0.6) is 0 Å². The van der Waals surface area contributed by atoms with Gasteiger partial charge in [-0.05, 0) is 46.2 Å². The molecule has 0 unspecified atom stereocenters. The molecule has 1 rings (SSSR count). The maximum Gasteiger partial charge on any atom is 0.407 e. The van der Waals surface area contributed by atoms with Crippen molar-refractivity contribution in [2.45, 2.75) is 52.2 Å². The van der Waals surface area contributed by atoms with Crippen molar-refractivity contribution < 1.29 is 23.9 Å². The first-order chi connectivity index (χ1) is 12.1. The van der Waals surface area contributed by atoms with Crippen molar-refractivity contribution in [3.63, 3.8) is 0 Å². The highest BCUT2D eigenvalue weighted by atomic mass is 35.5. The van der Waals surface area contributed by atoms with Gasteiger partial charge in [0.1, 0.15) is 11.4 Å². The Bertz CT molecular complexity index is 628. The lowest BCUT2D eigenvalue weighted by molar-refractivity contribution is -0.153. The molecule has 1 aromatic rings. The van der Waals surface area contributed by atoms with Gasteiger partial charge >= 0.3 is 12.1 Å². The number of carbonyl (C=O) groups is 3. The van der Waals surface area contributed by atoms with E-state index in [-0.39, 0.29) is 13.0 Å². The van der Waals surface area contributed by atoms with E-state index in [1.807, 2.05) is 0 Å². The van der Waals surface area contributed by atoms with E-state index in [1.54, 1.807) is 26.8 Å². The number of amides is 2. The van der Waals surface area contributed by atoms with Gasteiger partial charge in [0.25, 0.3) is 5.91 Å². The van der Waals surface area contributed by atoms with E-state index in [0.717, 1.165) is 0 Å². The molecule has 0 saturated carbocycles. The predicted molar refractivity (Wildman–Crippen MR) is 96.9 cm³/mol. The normalized spacial score (nSPS) is 12.0. The molecule has 2 N–H and O–H groups in total. The van der Waals surface area contributed by atoms with Crippen LogP contribution in [0.15, 0.2) is 18.3 Å². The largest absolute Gasteiger partial charge is 0.453 e. The number of nitrogens with zero attached hydrogens (tertiary/aromatic N) is 1. The molecule has 2 amide bonds. The molecular formula is C17H24ClN3O5. The summed E-state index contributed by atoms with van der Waals surface area (Å²) in [5.74, 6) is -0.730. The highest BCUT2D eigenvalue weighted by molar-refractivity contribution is 6.30. The molecule has 1 atom stereocenters. The Hall–Kier alpha value is -2.35. The van der Waals surface area contributed by atoms with Crippen LogP contribution >= 0.6 is 11.6 Å². The second-order valence-electron chi connectivity index (χ2n) is 6.52. The maximum atomic E-state index is 12.0. The molecule has 144 valence electrons. The van der Waals surface area contributed by atoms with Crippen molar-refractivity contribution in [1.82, 2.24) is 10.3 Å². The van der Waals surface area contributed by atoms with Crippen molar-refractivity contribution in [1.29, 1.82) is 0 Å². The predicted octanol–water partition coefficient (Wildman–Crippen LogP) is 2.91. The minimum Gasteiger partial charge on any atom is -0.453 e. The lowest BCUT2D eigenvalue weighted by Gasteiger charge is -2.19. The molecule has 0 fully saturated rings. The Morgan fingerprint density at radius 3 is 2.54 bits per heavy atom. The third-order valence-corrected chi connectivity index (χ3v) is 3.11. The Morgan fingerprint density at radius 2 is 1.96 bits per heavy atom. The number of hydrogen-bond donors (Lipinski definition) is 2. The summed E-state index contributed by atoms with van der Waals surface area (Å²) >= 11 is 5.71. The van der Waals surface area contributed by atoms with Gasteiger partial charge in [-0.3, -0.25) is 9.59 Å². The molecule has 0 spiro atoms. The van der Waals surface area contributed by atoms with Crippen LogP contribution in [0, 0.1) is 0 Å². The number of hydrogen-bond acceptors (Lipinski definition) is 6. The van der Waals surface area contributed by atoms with Gasteiger partial charge in [0.05, 0.1) is 5.02 Å². The number of nitrogens with one attached hydrogen (secondary N) is 2. The molecule has 26 heavy (non-hydrogen) atoms. The highest BCUT2D eigenvalue weighted by Gasteiger charge is 2.19. The van der Waals surface area contributed by atoms with Crippen LogP contribution in [0.1, 0.15) is 40.5 Å². The molecule has 1 heterocycles. The number of esters is 1. The Morgan fingerprint density at radius 1 is 1.27 bits per heavy atom. The van der Waals surface area contributed by atoms with Crippen molar-refractivity contribution in [2.24, 2.45) is 0 Å². The first kappa shape index (κ1) is 21.7. The molecule has 0 saturated heterocycles. The van der Waals surface area contributed by atoms with E-state index < -0.39 is 29.7 Å². The molecule has 0 aliphatic rings. The quantitative estimate of drug-likeness (QED) is 0.552. The summed E-state index contributed by atoms with van der Waals surface area (Å²) < 4.78 is 10.1. The average molecular weight is 386 g/mol. The summed E-state index contributed by atoms with van der Waals surface area (Å²) in [6, 6.07) is 3.12. The SMILES string of the molecule is C[C@H](OC(=O)CCCNC(=O)OC(C)(C)C)C(=O)Nc1ccc(Cl)cn1. The van der Waals surface area contributed by atoms with Crippen molar-refractivity contribution in [3.8, 4) is 0 Å². The number of ether oxygens (including phenoxy) is 2. The van der Waals surface area contributed by atoms with Gasteiger partial charge in [-0.2, -0.15) is 0 Å². The van der Waals surface area contributed by atoms with Crippen molar-refractivity contribution in [3.05, 3.63) is 23.4 Å². The summed E-state index contributed by atoms with van der Waals surface area (Å²) in [4.78, 5) is 39.1. The molecule has 0 radical (unpaired) electrons. The molecule has 0 aromatic carbocycles. The Balaban J connectivity index is 2.26. The minimum absolute atomic E-state index is 0.0621. The van der Waals surface area contributed by atoms with E-state index in [0.29, 0.717) is 17.3 Å². The zero-order chi connectivity index (χ0) is 19.7. The third kappa shape index (κ3) is 9.22. The summed E-state index contributed by atoms with van der Waals surface area (Å²) in [7, 11) is 0. The van der Waals surface area contributed by atoms with Gasteiger partial charge in [-0.25, -0.2) is 9.78 Å². The van der Waals surface area contributed by atoms with Crippen molar-refractivity contribution in [2.75, 3.05) is 11.9 Å². The summed E-state index contributed by atoms with van der Waals surface area (Å²) in [6.07, 6.45) is 0.302. The number of pyridine rings is 1. The fraction of sp³-hybridized carbons (Fsp3) is 0.529. The number of anilines is 1. The molecular weight excluding hydrogens is 362 g/mol. The first-order valence-electron chi connectivity index (χ1n) is 8.15. The monoisotopic (exact) mass is 385 g/mol. The summed E-state index contributed by atoms with van der Waals surface area (Å²) in [6.45, 7) is 7.00. The molecule has 0 bridgehead atoms. The zero-order valence-corrected chi connectivity index (χ0v) is 16.1. The highest BCUT2D eigenvalue weighted by Crippen LogP contribution is 2.10. The van der Waals surface area contributed by atoms with Crippen LogP contribution in [0.2, 0.25) is 5.02 Å². The topological polar surface area (TPSA) is 107 Å². The van der Waals surface area contributed by atoms with E-state index in [2.05, 4.69) is 15.6 Å². The van der Waals surface area contributed by atoms with Crippen LogP contribution < -0.4 is 10.6 Å². The van der Waals surface area contributed by atoms with E-state index in [4.69, 9.17) is 21.1 Å². The molecule has 9 heteroatoms. The van der Waals surface area contributed by atoms with E-state index in [9.17, 15) is 14.4 Å². The lowest BCUT2D eigenvalue weighted by atomic mass is 10.2. The van der Waals surface area contributed by atoms with Crippen LogP contribution in [-0.4, -0.2) is 41.2 Å². The van der Waals surface area contributed by atoms with Crippen LogP contribution in [0.4, 0.5) is 10.6 Å². The summed E-state index contributed by atoms with van der Waals surface area (Å²) in [5.41, 5.74) is -0.579. The number of alkyl carbamates (subject to hydrolysis) is 1. The van der Waals surface area contributed by atoms with Crippen LogP contribution in [0.25, 0.3) is 0 Å². The smallest absolute Gasteiger partial charge is 0.407 e. The number of halogens is 1. The standard InChI is InChI=1S/C17H24ClN3O5/c1-11(15(23)21-13-8-7-12(18)10-20-13)25-14(22)6-5-9-19-16(24)26-17(2,3)4/h7-8,10-11H,5-6,9H2,1-4H3,(H,19,24)(H,20,21,23)/t11-/m0/s1. The molecule has 0 aliphatic heterocycles. The van der Waals surface area contributed by atoms with Gasteiger partial charge in [0, 0.05) is 19.2 Å². The van der Waals surface area contributed by atoms with Crippen LogP contribution in [0.3, 0.4) is 0 Å². The number of carbonyl (C=O) groups excluding carboxylic acids is 3. The van der Waals surface area contributed by atoms with Crippen molar-refractivity contribution >= 4 is 35.4 Å². The van der Waals surface area contributed by atoms with Crippen LogP contribution in [-0.2, 0) is 19.1 Å². The van der Waals surface area contributed by atoms with Gasteiger partial charge in [-0.15, -0.1) is 0 Å². The zero-order valence-electron chi connectivity index (χ0n) is 15.3. The van der Waals surface area contributed by atoms with Gasteiger partial charge in [0.15, 0.2) is 6.10 Å². The Labute approximate surface area is 157 Å². The fourth-order valence-corrected chi connectivity index (χ4v) is 1.84. The fourth-order valence-electron chi connectivity index (χ4n) is 1.72. The van der Waals surface area contributed by atoms with Gasteiger partial charge < -0.3 is 20.1 Å². The number of aromatic nitrogens is 1.